The van der Waals surface area contributed by atoms with Crippen molar-refractivity contribution < 1.29 is 19.1 Å². The van der Waals surface area contributed by atoms with E-state index in [2.05, 4.69) is 10.3 Å². The van der Waals surface area contributed by atoms with E-state index in [0.29, 0.717) is 42.5 Å². The van der Waals surface area contributed by atoms with Crippen molar-refractivity contribution in [2.75, 3.05) is 19.7 Å². The van der Waals surface area contributed by atoms with Crippen LogP contribution in [0, 0.1) is 0 Å². The lowest BCUT2D eigenvalue weighted by Crippen LogP contribution is -2.47. The summed E-state index contributed by atoms with van der Waals surface area (Å²) < 4.78 is 5.01. The molecule has 2 aromatic carbocycles. The number of hydrogen-bond donors (Lipinski definition) is 1. The summed E-state index contributed by atoms with van der Waals surface area (Å²) in [7, 11) is 0. The Morgan fingerprint density at radius 1 is 1.12 bits per heavy atom. The Morgan fingerprint density at radius 3 is 2.50 bits per heavy atom. The van der Waals surface area contributed by atoms with Crippen molar-refractivity contribution in [1.82, 2.24) is 10.2 Å². The van der Waals surface area contributed by atoms with E-state index in [1.807, 2.05) is 37.3 Å². The lowest BCUT2D eigenvalue weighted by molar-refractivity contribution is -0.130. The summed E-state index contributed by atoms with van der Waals surface area (Å²) in [5.74, 6) is -0.688. The fourth-order valence-electron chi connectivity index (χ4n) is 3.23. The first-order chi connectivity index (χ1) is 15.5. The molecule has 0 bridgehead atoms. The highest BCUT2D eigenvalue weighted by Crippen LogP contribution is 2.29. The van der Waals surface area contributed by atoms with Crippen LogP contribution in [0.15, 0.2) is 59.6 Å². The minimum Gasteiger partial charge on any atom is -0.462 e. The number of thioether (sulfide) groups is 1. The van der Waals surface area contributed by atoms with Gasteiger partial charge in [0.05, 0.1) is 23.1 Å². The van der Waals surface area contributed by atoms with Gasteiger partial charge in [-0.2, -0.15) is 0 Å². The van der Waals surface area contributed by atoms with Crippen molar-refractivity contribution in [2.24, 2.45) is 4.99 Å². The highest BCUT2D eigenvalue weighted by molar-refractivity contribution is 8.15. The number of esters is 1. The van der Waals surface area contributed by atoms with Crippen LogP contribution < -0.4 is 5.32 Å². The van der Waals surface area contributed by atoms with Crippen LogP contribution in [0.25, 0.3) is 0 Å². The van der Waals surface area contributed by atoms with Gasteiger partial charge in [0.25, 0.3) is 0 Å². The Morgan fingerprint density at radius 2 is 1.84 bits per heavy atom. The Bertz CT molecular complexity index is 976. The van der Waals surface area contributed by atoms with E-state index in [4.69, 9.17) is 4.74 Å². The number of amides is 2. The molecule has 3 rings (SSSR count). The number of aliphatic imine (C=N–C) groups is 1. The average molecular weight is 454 g/mol. The van der Waals surface area contributed by atoms with Crippen LogP contribution in [0.3, 0.4) is 0 Å². The van der Waals surface area contributed by atoms with E-state index in [9.17, 15) is 14.4 Å². The maximum atomic E-state index is 12.9. The number of carbonyl (C=O) groups excluding carboxylic acids is 3. The smallest absolute Gasteiger partial charge is 0.338 e. The van der Waals surface area contributed by atoms with Gasteiger partial charge in [0.1, 0.15) is 0 Å². The normalized spacial score (nSPS) is 17.3. The lowest BCUT2D eigenvalue weighted by Gasteiger charge is -2.31. The second kappa shape index (κ2) is 11.5. The quantitative estimate of drug-likeness (QED) is 0.618. The maximum Gasteiger partial charge on any atom is 0.338 e. The third-order valence-electron chi connectivity index (χ3n) is 4.85. The molecule has 1 aliphatic rings. The van der Waals surface area contributed by atoms with Crippen LogP contribution in [0.4, 0.5) is 5.69 Å². The van der Waals surface area contributed by atoms with Crippen LogP contribution in [-0.4, -0.2) is 52.8 Å². The molecule has 1 unspecified atom stereocenters. The minimum absolute atomic E-state index is 0.127. The summed E-state index contributed by atoms with van der Waals surface area (Å²) in [6.07, 6.45) is 0.811. The fourth-order valence-corrected chi connectivity index (χ4v) is 4.38. The predicted molar refractivity (Wildman–Crippen MR) is 126 cm³/mol. The Kier molecular flexibility index (Phi) is 8.44. The molecule has 0 radical (unpaired) electrons. The molecule has 1 saturated heterocycles. The van der Waals surface area contributed by atoms with Gasteiger partial charge in [-0.15, -0.1) is 0 Å². The van der Waals surface area contributed by atoms with E-state index >= 15 is 0 Å². The molecular weight excluding hydrogens is 426 g/mol. The molecule has 1 fully saturated rings. The molecule has 0 saturated carbocycles. The molecule has 1 heterocycles. The van der Waals surface area contributed by atoms with Crippen molar-refractivity contribution in [3.05, 3.63) is 65.7 Å². The third-order valence-corrected chi connectivity index (χ3v) is 6.04. The maximum absolute atomic E-state index is 12.9. The van der Waals surface area contributed by atoms with Crippen LogP contribution in [-0.2, 0) is 20.7 Å². The molecule has 32 heavy (non-hydrogen) atoms. The van der Waals surface area contributed by atoms with Crippen molar-refractivity contribution in [3.8, 4) is 0 Å². The summed E-state index contributed by atoms with van der Waals surface area (Å²) in [6.45, 7) is 4.88. The van der Waals surface area contributed by atoms with E-state index < -0.39 is 11.2 Å². The molecule has 1 atom stereocenters. The Hall–Kier alpha value is -3.13. The first kappa shape index (κ1) is 23.5. The van der Waals surface area contributed by atoms with Gasteiger partial charge < -0.3 is 10.1 Å². The molecular formula is C24H27N3O4S. The largest absolute Gasteiger partial charge is 0.462 e. The van der Waals surface area contributed by atoms with Crippen molar-refractivity contribution in [1.29, 1.82) is 0 Å². The summed E-state index contributed by atoms with van der Waals surface area (Å²) in [4.78, 5) is 43.5. The van der Waals surface area contributed by atoms with Gasteiger partial charge in [-0.05, 0) is 50.1 Å². The van der Waals surface area contributed by atoms with Gasteiger partial charge in [0.2, 0.25) is 11.8 Å². The van der Waals surface area contributed by atoms with E-state index in [1.165, 1.54) is 11.8 Å². The van der Waals surface area contributed by atoms with Crippen molar-refractivity contribution >= 4 is 40.4 Å². The highest BCUT2D eigenvalue weighted by Gasteiger charge is 2.35. The van der Waals surface area contributed by atoms with Crippen molar-refractivity contribution in [3.63, 3.8) is 0 Å². The van der Waals surface area contributed by atoms with Gasteiger partial charge in [0, 0.05) is 19.5 Å². The molecule has 0 aromatic heterocycles. The monoisotopic (exact) mass is 453 g/mol. The number of amidine groups is 1. The Balaban J connectivity index is 1.83. The number of nitrogens with zero attached hydrogens (tertiary/aromatic N) is 2. The summed E-state index contributed by atoms with van der Waals surface area (Å²) in [5, 5.41) is 2.75. The second-order valence-electron chi connectivity index (χ2n) is 7.15. The zero-order valence-electron chi connectivity index (χ0n) is 18.2. The van der Waals surface area contributed by atoms with Crippen LogP contribution in [0.1, 0.15) is 36.2 Å². The van der Waals surface area contributed by atoms with Crippen LogP contribution in [0.5, 0.6) is 0 Å². The van der Waals surface area contributed by atoms with Crippen LogP contribution >= 0.6 is 11.8 Å². The molecule has 0 spiro atoms. The summed E-state index contributed by atoms with van der Waals surface area (Å²) in [5.41, 5.74) is 2.15. The lowest BCUT2D eigenvalue weighted by atomic mass is 10.1. The van der Waals surface area contributed by atoms with Gasteiger partial charge in [0.15, 0.2) is 5.17 Å². The topological polar surface area (TPSA) is 88.1 Å². The number of rotatable bonds is 8. The number of hydrogen-bond acceptors (Lipinski definition) is 6. The average Bonchev–Trinajstić information content (AvgIpc) is 2.80. The minimum atomic E-state index is -0.520. The molecule has 8 heteroatoms. The predicted octanol–water partition coefficient (Wildman–Crippen LogP) is 3.56. The third kappa shape index (κ3) is 6.20. The van der Waals surface area contributed by atoms with Crippen molar-refractivity contribution in [2.45, 2.75) is 31.9 Å². The summed E-state index contributed by atoms with van der Waals surface area (Å²) >= 11 is 1.29. The van der Waals surface area contributed by atoms with E-state index in [-0.39, 0.29) is 18.2 Å². The molecule has 1 N–H and O–H groups in total. The SMILES string of the molecule is CCNC(=O)C1CC(=O)N(CCc2ccccc2)C(=Nc2ccc(C(=O)OCC)cc2)S1. The van der Waals surface area contributed by atoms with Gasteiger partial charge in [-0.3, -0.25) is 14.5 Å². The standard InChI is InChI=1S/C24H27N3O4S/c1-3-25-22(29)20-16-21(28)27(15-14-17-8-6-5-7-9-17)24(32-20)26-19-12-10-18(11-13-19)23(30)31-4-2/h5-13,20H,3-4,14-16H2,1-2H3,(H,25,29). The molecule has 2 aromatic rings. The number of ether oxygens (including phenoxy) is 1. The molecule has 0 aliphatic carbocycles. The zero-order valence-corrected chi connectivity index (χ0v) is 19.1. The number of nitrogens with one attached hydrogen (secondary N) is 1. The Labute approximate surface area is 192 Å². The van der Waals surface area contributed by atoms with Gasteiger partial charge >= 0.3 is 5.97 Å². The van der Waals surface area contributed by atoms with E-state index in [0.717, 1.165) is 5.56 Å². The fraction of sp³-hybridized carbons (Fsp3) is 0.333. The first-order valence-electron chi connectivity index (χ1n) is 10.7. The zero-order chi connectivity index (χ0) is 22.9. The molecule has 7 nitrogen and oxygen atoms in total. The number of carbonyl (C=O) groups is 3. The molecule has 168 valence electrons. The van der Waals surface area contributed by atoms with E-state index in [1.54, 1.807) is 36.1 Å². The van der Waals surface area contributed by atoms with Gasteiger partial charge in [-0.1, -0.05) is 42.1 Å². The highest BCUT2D eigenvalue weighted by atomic mass is 32.2. The first-order valence-corrected chi connectivity index (χ1v) is 11.5. The summed E-state index contributed by atoms with van der Waals surface area (Å²) in [6, 6.07) is 16.6. The molecule has 2 amide bonds. The number of benzene rings is 2. The van der Waals surface area contributed by atoms with Crippen LogP contribution in [0.2, 0.25) is 0 Å². The molecule has 1 aliphatic heterocycles. The second-order valence-corrected chi connectivity index (χ2v) is 8.32. The van der Waals surface area contributed by atoms with Gasteiger partial charge in [-0.25, -0.2) is 9.79 Å².